The Labute approximate surface area is 147 Å². The number of fused-ring (bicyclic) bond motifs is 1. The van der Waals surface area contributed by atoms with E-state index in [0.717, 1.165) is 58.4 Å². The fourth-order valence-electron chi connectivity index (χ4n) is 4.69. The highest BCUT2D eigenvalue weighted by Gasteiger charge is 2.46. The second-order valence-corrected chi connectivity index (χ2v) is 8.74. The second kappa shape index (κ2) is 6.73. The van der Waals surface area contributed by atoms with Gasteiger partial charge in [-0.3, -0.25) is 14.7 Å². The number of hydrogen-bond acceptors (Lipinski definition) is 5. The molecule has 1 amide bonds. The quantitative estimate of drug-likeness (QED) is 0.908. The van der Waals surface area contributed by atoms with Crippen LogP contribution in [0.4, 0.5) is 0 Å². The van der Waals surface area contributed by atoms with Gasteiger partial charge in [-0.25, -0.2) is 0 Å². The number of amides is 1. The zero-order valence-electron chi connectivity index (χ0n) is 14.2. The van der Waals surface area contributed by atoms with Crippen LogP contribution in [0.3, 0.4) is 0 Å². The summed E-state index contributed by atoms with van der Waals surface area (Å²) in [6.07, 6.45) is 8.00. The standard InChI is InChI=1S/C18H27N3O2S/c22-17(14-3-1-2-4-14)21-8-6-18(23)5-7-20(10-15(18)11-21)12-16-9-19-13-24-16/h9,13-15,23H,1-8,10-12H2/t15-,18-/m1/s1. The third-order valence-electron chi connectivity index (χ3n) is 6.23. The lowest BCUT2D eigenvalue weighted by molar-refractivity contribution is -0.150. The van der Waals surface area contributed by atoms with Crippen LogP contribution in [-0.4, -0.2) is 57.6 Å². The molecular formula is C18H27N3O2S. The van der Waals surface area contributed by atoms with Crippen LogP contribution in [0, 0.1) is 11.8 Å². The molecule has 1 aliphatic carbocycles. The average molecular weight is 350 g/mol. The van der Waals surface area contributed by atoms with Gasteiger partial charge in [0.2, 0.25) is 5.91 Å². The summed E-state index contributed by atoms with van der Waals surface area (Å²) in [5.74, 6) is 0.764. The number of nitrogens with zero attached hydrogens (tertiary/aromatic N) is 3. The van der Waals surface area contributed by atoms with Crippen molar-refractivity contribution in [3.8, 4) is 0 Å². The van der Waals surface area contributed by atoms with E-state index in [1.807, 2.05) is 16.6 Å². The summed E-state index contributed by atoms with van der Waals surface area (Å²) >= 11 is 1.69. The first-order valence-electron chi connectivity index (χ1n) is 9.25. The summed E-state index contributed by atoms with van der Waals surface area (Å²) in [6.45, 7) is 4.18. The number of hydrogen-bond donors (Lipinski definition) is 1. The molecule has 2 aliphatic heterocycles. The molecule has 1 aromatic heterocycles. The Balaban J connectivity index is 1.40. The molecule has 1 aromatic rings. The number of rotatable bonds is 3. The lowest BCUT2D eigenvalue weighted by Gasteiger charge is -2.50. The van der Waals surface area contributed by atoms with Gasteiger partial charge in [0.25, 0.3) is 0 Å². The first-order valence-corrected chi connectivity index (χ1v) is 10.1. The Morgan fingerprint density at radius 1 is 1.29 bits per heavy atom. The van der Waals surface area contributed by atoms with Gasteiger partial charge in [-0.2, -0.15) is 0 Å². The second-order valence-electron chi connectivity index (χ2n) is 7.77. The van der Waals surface area contributed by atoms with Gasteiger partial charge in [0.1, 0.15) is 0 Å². The third kappa shape index (κ3) is 3.24. The highest BCUT2D eigenvalue weighted by atomic mass is 32.1. The monoisotopic (exact) mass is 349 g/mol. The summed E-state index contributed by atoms with van der Waals surface area (Å²) < 4.78 is 0. The largest absolute Gasteiger partial charge is 0.389 e. The summed E-state index contributed by atoms with van der Waals surface area (Å²) in [5.41, 5.74) is 1.30. The number of carbonyl (C=O) groups excluding carboxylic acids is 1. The predicted octanol–water partition coefficient (Wildman–Crippen LogP) is 2.12. The van der Waals surface area contributed by atoms with Gasteiger partial charge in [0, 0.05) is 55.6 Å². The van der Waals surface area contributed by atoms with E-state index in [-0.39, 0.29) is 11.8 Å². The van der Waals surface area contributed by atoms with Crippen LogP contribution >= 0.6 is 11.3 Å². The summed E-state index contributed by atoms with van der Waals surface area (Å²) in [7, 11) is 0. The molecule has 2 saturated heterocycles. The maximum atomic E-state index is 12.7. The molecule has 24 heavy (non-hydrogen) atoms. The van der Waals surface area contributed by atoms with Gasteiger partial charge >= 0.3 is 0 Å². The number of piperidine rings is 2. The molecule has 3 heterocycles. The third-order valence-corrected chi connectivity index (χ3v) is 7.00. The minimum Gasteiger partial charge on any atom is -0.389 e. The van der Waals surface area contributed by atoms with Crippen molar-refractivity contribution in [3.05, 3.63) is 16.6 Å². The molecule has 132 valence electrons. The van der Waals surface area contributed by atoms with Crippen LogP contribution < -0.4 is 0 Å². The minimum atomic E-state index is -0.573. The van der Waals surface area contributed by atoms with Crippen LogP contribution in [0.1, 0.15) is 43.4 Å². The van der Waals surface area contributed by atoms with E-state index >= 15 is 0 Å². The highest BCUT2D eigenvalue weighted by molar-refractivity contribution is 7.09. The van der Waals surface area contributed by atoms with Crippen molar-refractivity contribution in [1.82, 2.24) is 14.8 Å². The Hall–Kier alpha value is -0.980. The number of likely N-dealkylation sites (tertiary alicyclic amines) is 2. The maximum Gasteiger partial charge on any atom is 0.225 e. The van der Waals surface area contributed by atoms with E-state index in [1.54, 1.807) is 11.3 Å². The lowest BCUT2D eigenvalue weighted by atomic mass is 9.75. The SMILES string of the molecule is O=C(C1CCCC1)N1CC[C@]2(O)CCN(Cc3cncs3)C[C@@H]2C1. The molecule has 0 unspecified atom stereocenters. The van der Waals surface area contributed by atoms with Gasteiger partial charge < -0.3 is 10.0 Å². The fraction of sp³-hybridized carbons (Fsp3) is 0.778. The van der Waals surface area contributed by atoms with Gasteiger partial charge in [-0.05, 0) is 25.7 Å². The summed E-state index contributed by atoms with van der Waals surface area (Å²) in [5, 5.41) is 11.0. The van der Waals surface area contributed by atoms with Crippen LogP contribution in [0.5, 0.6) is 0 Å². The van der Waals surface area contributed by atoms with Crippen molar-refractivity contribution >= 4 is 17.2 Å². The molecular weight excluding hydrogens is 322 g/mol. The van der Waals surface area contributed by atoms with E-state index in [0.29, 0.717) is 5.91 Å². The van der Waals surface area contributed by atoms with Crippen LogP contribution in [0.15, 0.2) is 11.7 Å². The zero-order chi connectivity index (χ0) is 16.6. The van der Waals surface area contributed by atoms with Gasteiger partial charge in [0.15, 0.2) is 0 Å². The Kier molecular flexibility index (Phi) is 4.62. The van der Waals surface area contributed by atoms with E-state index in [4.69, 9.17) is 0 Å². The molecule has 0 spiro atoms. The fourth-order valence-corrected chi connectivity index (χ4v) is 5.32. The molecule has 2 atom stereocenters. The van der Waals surface area contributed by atoms with Gasteiger partial charge in [-0.15, -0.1) is 11.3 Å². The van der Waals surface area contributed by atoms with E-state index in [2.05, 4.69) is 9.88 Å². The smallest absolute Gasteiger partial charge is 0.225 e. The predicted molar refractivity (Wildman–Crippen MR) is 93.6 cm³/mol. The first-order chi connectivity index (χ1) is 11.6. The number of aromatic nitrogens is 1. The highest BCUT2D eigenvalue weighted by Crippen LogP contribution is 2.37. The molecule has 1 N–H and O–H groups in total. The van der Waals surface area contributed by atoms with Crippen molar-refractivity contribution < 1.29 is 9.90 Å². The molecule has 3 aliphatic rings. The lowest BCUT2D eigenvalue weighted by Crippen LogP contribution is -2.60. The molecule has 0 aromatic carbocycles. The van der Waals surface area contributed by atoms with E-state index in [1.165, 1.54) is 17.7 Å². The molecule has 6 heteroatoms. The van der Waals surface area contributed by atoms with Crippen LogP contribution in [0.25, 0.3) is 0 Å². The molecule has 3 fully saturated rings. The molecule has 5 nitrogen and oxygen atoms in total. The Bertz CT molecular complexity index is 573. The van der Waals surface area contributed by atoms with Gasteiger partial charge in [0.05, 0.1) is 11.1 Å². The molecule has 4 rings (SSSR count). The van der Waals surface area contributed by atoms with E-state index in [9.17, 15) is 9.90 Å². The van der Waals surface area contributed by atoms with Crippen molar-refractivity contribution in [2.24, 2.45) is 11.8 Å². The summed E-state index contributed by atoms with van der Waals surface area (Å²) in [4.78, 5) is 22.6. The minimum absolute atomic E-state index is 0.179. The number of aliphatic hydroxyl groups is 1. The molecule has 0 bridgehead atoms. The van der Waals surface area contributed by atoms with Crippen LogP contribution in [-0.2, 0) is 11.3 Å². The van der Waals surface area contributed by atoms with Gasteiger partial charge in [-0.1, -0.05) is 12.8 Å². The van der Waals surface area contributed by atoms with E-state index < -0.39 is 5.60 Å². The first kappa shape index (κ1) is 16.5. The summed E-state index contributed by atoms with van der Waals surface area (Å²) in [6, 6.07) is 0. The topological polar surface area (TPSA) is 56.7 Å². The Morgan fingerprint density at radius 3 is 2.83 bits per heavy atom. The van der Waals surface area contributed by atoms with Crippen molar-refractivity contribution in [2.75, 3.05) is 26.2 Å². The number of thiazole rings is 1. The maximum absolute atomic E-state index is 12.7. The molecule has 0 radical (unpaired) electrons. The van der Waals surface area contributed by atoms with Crippen molar-refractivity contribution in [1.29, 1.82) is 0 Å². The average Bonchev–Trinajstić information content (AvgIpc) is 3.27. The van der Waals surface area contributed by atoms with Crippen molar-refractivity contribution in [2.45, 2.75) is 50.7 Å². The normalized spacial score (nSPS) is 32.0. The molecule has 1 saturated carbocycles. The zero-order valence-corrected chi connectivity index (χ0v) is 15.0. The Morgan fingerprint density at radius 2 is 2.08 bits per heavy atom. The van der Waals surface area contributed by atoms with Crippen molar-refractivity contribution in [3.63, 3.8) is 0 Å². The number of carbonyl (C=O) groups is 1. The van der Waals surface area contributed by atoms with Crippen LogP contribution in [0.2, 0.25) is 0 Å².